The van der Waals surface area contributed by atoms with Gasteiger partial charge in [-0.2, -0.15) is 18.2 Å². The standard InChI is InChI=1S/C21H22F3N5O/c1-13(2)18(12-30)28-20-27-17(16-9-5-6-10-25-16)11-19(29-20)26-15-8-4-3-7-14(15)21(22,23)24/h3-11,13,18,30H,12H2,1-2H3,(H2,26,27,28,29)/t18-/m0/s1. The van der Waals surface area contributed by atoms with E-state index in [0.29, 0.717) is 11.4 Å². The fraction of sp³-hybridized carbons (Fsp3) is 0.286. The van der Waals surface area contributed by atoms with Gasteiger partial charge in [0.25, 0.3) is 0 Å². The summed E-state index contributed by atoms with van der Waals surface area (Å²) in [6, 6.07) is 11.7. The summed E-state index contributed by atoms with van der Waals surface area (Å²) in [6.45, 7) is 3.71. The van der Waals surface area contributed by atoms with Crippen molar-refractivity contribution in [2.24, 2.45) is 5.92 Å². The molecule has 3 rings (SSSR count). The number of alkyl halides is 3. The van der Waals surface area contributed by atoms with Crippen molar-refractivity contribution < 1.29 is 18.3 Å². The number of rotatable bonds is 7. The maximum absolute atomic E-state index is 13.4. The van der Waals surface area contributed by atoms with E-state index in [1.807, 2.05) is 13.8 Å². The summed E-state index contributed by atoms with van der Waals surface area (Å²) in [5.41, 5.74) is 0.0536. The number of benzene rings is 1. The number of para-hydroxylation sites is 1. The van der Waals surface area contributed by atoms with Crippen LogP contribution in [0, 0.1) is 5.92 Å². The molecule has 2 aromatic heterocycles. The average Bonchev–Trinajstić information content (AvgIpc) is 2.72. The number of aromatic nitrogens is 3. The molecule has 30 heavy (non-hydrogen) atoms. The predicted molar refractivity (Wildman–Crippen MR) is 109 cm³/mol. The Bertz CT molecular complexity index is 980. The monoisotopic (exact) mass is 417 g/mol. The minimum absolute atomic E-state index is 0.0828. The van der Waals surface area contributed by atoms with E-state index >= 15 is 0 Å². The summed E-state index contributed by atoms with van der Waals surface area (Å²) in [5.74, 6) is 0.433. The number of nitrogens with zero attached hydrogens (tertiary/aromatic N) is 3. The minimum Gasteiger partial charge on any atom is -0.394 e. The predicted octanol–water partition coefficient (Wildman–Crippen LogP) is 4.73. The lowest BCUT2D eigenvalue weighted by Gasteiger charge is -2.21. The second kappa shape index (κ2) is 9.08. The van der Waals surface area contributed by atoms with Crippen molar-refractivity contribution in [3.63, 3.8) is 0 Å². The topological polar surface area (TPSA) is 83.0 Å². The molecule has 0 amide bonds. The highest BCUT2D eigenvalue weighted by Gasteiger charge is 2.33. The summed E-state index contributed by atoms with van der Waals surface area (Å²) >= 11 is 0. The largest absolute Gasteiger partial charge is 0.418 e. The van der Waals surface area contributed by atoms with Gasteiger partial charge in [-0.1, -0.05) is 32.0 Å². The number of halogens is 3. The molecule has 0 saturated heterocycles. The first-order valence-corrected chi connectivity index (χ1v) is 9.39. The zero-order valence-electron chi connectivity index (χ0n) is 16.5. The van der Waals surface area contributed by atoms with Crippen LogP contribution >= 0.6 is 0 Å². The van der Waals surface area contributed by atoms with Crippen molar-refractivity contribution >= 4 is 17.5 Å². The molecule has 3 aromatic rings. The van der Waals surface area contributed by atoms with Gasteiger partial charge in [0.2, 0.25) is 5.95 Å². The van der Waals surface area contributed by atoms with E-state index in [0.717, 1.165) is 6.07 Å². The fourth-order valence-corrected chi connectivity index (χ4v) is 2.79. The van der Waals surface area contributed by atoms with E-state index < -0.39 is 11.7 Å². The highest BCUT2D eigenvalue weighted by atomic mass is 19.4. The van der Waals surface area contributed by atoms with Crippen molar-refractivity contribution in [2.75, 3.05) is 17.2 Å². The number of hydrogen-bond acceptors (Lipinski definition) is 6. The van der Waals surface area contributed by atoms with E-state index in [1.165, 1.54) is 24.3 Å². The number of aliphatic hydroxyl groups is 1. The molecule has 2 heterocycles. The number of hydrogen-bond donors (Lipinski definition) is 3. The van der Waals surface area contributed by atoms with Gasteiger partial charge in [-0.15, -0.1) is 0 Å². The molecule has 0 bridgehead atoms. The molecule has 3 N–H and O–H groups in total. The highest BCUT2D eigenvalue weighted by Crippen LogP contribution is 2.36. The minimum atomic E-state index is -4.51. The Kier molecular flexibility index (Phi) is 6.51. The first kappa shape index (κ1) is 21.5. The first-order valence-electron chi connectivity index (χ1n) is 9.39. The normalized spacial score (nSPS) is 12.6. The molecule has 9 heteroatoms. The Hall–Kier alpha value is -3.20. The molecule has 0 aliphatic rings. The van der Waals surface area contributed by atoms with Crippen LogP contribution in [0.1, 0.15) is 19.4 Å². The van der Waals surface area contributed by atoms with Crippen LogP contribution in [0.2, 0.25) is 0 Å². The van der Waals surface area contributed by atoms with Gasteiger partial charge in [0.1, 0.15) is 5.82 Å². The van der Waals surface area contributed by atoms with Crippen LogP contribution in [0.25, 0.3) is 11.4 Å². The SMILES string of the molecule is CC(C)[C@H](CO)Nc1nc(Nc2ccccc2C(F)(F)F)cc(-c2ccccn2)n1. The molecule has 1 aromatic carbocycles. The summed E-state index contributed by atoms with van der Waals surface area (Å²) in [7, 11) is 0. The maximum Gasteiger partial charge on any atom is 0.418 e. The van der Waals surface area contributed by atoms with Crippen LogP contribution in [-0.2, 0) is 6.18 Å². The molecule has 6 nitrogen and oxygen atoms in total. The highest BCUT2D eigenvalue weighted by molar-refractivity contribution is 5.67. The second-order valence-corrected chi connectivity index (χ2v) is 7.02. The lowest BCUT2D eigenvalue weighted by Crippen LogP contribution is -2.30. The van der Waals surface area contributed by atoms with E-state index in [9.17, 15) is 18.3 Å². The number of nitrogens with one attached hydrogen (secondary N) is 2. The third kappa shape index (κ3) is 5.24. The Balaban J connectivity index is 2.03. The molecule has 0 aliphatic carbocycles. The summed E-state index contributed by atoms with van der Waals surface area (Å²) in [5, 5.41) is 15.4. The summed E-state index contributed by atoms with van der Waals surface area (Å²) in [6.07, 6.45) is -2.91. The van der Waals surface area contributed by atoms with Crippen molar-refractivity contribution in [3.05, 3.63) is 60.3 Å². The average molecular weight is 417 g/mol. The number of pyridine rings is 1. The summed E-state index contributed by atoms with van der Waals surface area (Å²) < 4.78 is 40.1. The molecule has 0 spiro atoms. The van der Waals surface area contributed by atoms with E-state index in [1.54, 1.807) is 24.4 Å². The molecule has 0 fully saturated rings. The van der Waals surface area contributed by atoms with Crippen LogP contribution in [0.15, 0.2) is 54.7 Å². The van der Waals surface area contributed by atoms with Gasteiger partial charge in [-0.25, -0.2) is 4.98 Å². The quantitative estimate of drug-likeness (QED) is 0.516. The van der Waals surface area contributed by atoms with Gasteiger partial charge in [0.15, 0.2) is 0 Å². The van der Waals surface area contributed by atoms with Crippen molar-refractivity contribution in [1.82, 2.24) is 15.0 Å². The molecule has 158 valence electrons. The molecule has 0 saturated carbocycles. The Morgan fingerprint density at radius 1 is 1.00 bits per heavy atom. The van der Waals surface area contributed by atoms with E-state index in [4.69, 9.17) is 0 Å². The molecular weight excluding hydrogens is 395 g/mol. The van der Waals surface area contributed by atoms with Crippen molar-refractivity contribution in [1.29, 1.82) is 0 Å². The van der Waals surface area contributed by atoms with Crippen LogP contribution in [0.5, 0.6) is 0 Å². The molecule has 1 atom stereocenters. The lowest BCUT2D eigenvalue weighted by atomic mass is 10.1. The molecular formula is C21H22F3N5O. The van der Waals surface area contributed by atoms with E-state index in [2.05, 4.69) is 25.6 Å². The smallest absolute Gasteiger partial charge is 0.394 e. The maximum atomic E-state index is 13.4. The fourth-order valence-electron chi connectivity index (χ4n) is 2.79. The Morgan fingerprint density at radius 3 is 2.37 bits per heavy atom. The lowest BCUT2D eigenvalue weighted by molar-refractivity contribution is -0.136. The third-order valence-corrected chi connectivity index (χ3v) is 4.46. The Labute approximate surface area is 172 Å². The van der Waals surface area contributed by atoms with Gasteiger partial charge in [-0.05, 0) is 30.2 Å². The molecule has 0 unspecified atom stereocenters. The van der Waals surface area contributed by atoms with Crippen molar-refractivity contribution in [2.45, 2.75) is 26.1 Å². The van der Waals surface area contributed by atoms with Gasteiger partial charge in [-0.3, -0.25) is 4.98 Å². The second-order valence-electron chi connectivity index (χ2n) is 7.02. The summed E-state index contributed by atoms with van der Waals surface area (Å²) in [4.78, 5) is 13.0. The Morgan fingerprint density at radius 2 is 1.73 bits per heavy atom. The van der Waals surface area contributed by atoms with Gasteiger partial charge in [0.05, 0.1) is 35.3 Å². The van der Waals surface area contributed by atoms with E-state index in [-0.39, 0.29) is 36.0 Å². The third-order valence-electron chi connectivity index (χ3n) is 4.46. The van der Waals surface area contributed by atoms with Crippen LogP contribution in [0.3, 0.4) is 0 Å². The van der Waals surface area contributed by atoms with Gasteiger partial charge in [0, 0.05) is 12.3 Å². The molecule has 0 aliphatic heterocycles. The van der Waals surface area contributed by atoms with Gasteiger partial charge >= 0.3 is 6.18 Å². The first-order chi connectivity index (χ1) is 14.3. The van der Waals surface area contributed by atoms with Crippen LogP contribution in [-0.4, -0.2) is 32.7 Å². The zero-order chi connectivity index (χ0) is 21.7. The van der Waals surface area contributed by atoms with Gasteiger partial charge < -0.3 is 15.7 Å². The number of aliphatic hydroxyl groups excluding tert-OH is 1. The van der Waals surface area contributed by atoms with Crippen molar-refractivity contribution in [3.8, 4) is 11.4 Å². The molecule has 0 radical (unpaired) electrons. The van der Waals surface area contributed by atoms with Crippen LogP contribution < -0.4 is 10.6 Å². The van der Waals surface area contributed by atoms with Crippen LogP contribution in [0.4, 0.5) is 30.6 Å². The number of anilines is 3. The zero-order valence-corrected chi connectivity index (χ0v) is 16.5.